The molecule has 3 rings (SSSR count). The molecule has 0 fully saturated rings. The van der Waals surface area contributed by atoms with E-state index in [1.54, 1.807) is 17.5 Å². The summed E-state index contributed by atoms with van der Waals surface area (Å²) in [6.07, 6.45) is 7.38. The Bertz CT molecular complexity index is 611. The molecule has 0 saturated heterocycles. The second kappa shape index (κ2) is 5.38. The number of aromatic nitrogens is 4. The van der Waals surface area contributed by atoms with E-state index in [0.717, 1.165) is 11.6 Å². The summed E-state index contributed by atoms with van der Waals surface area (Å²) < 4.78 is 2.04. The Balaban J connectivity index is 1.83. The molecule has 0 spiro atoms. The molecule has 5 nitrogen and oxygen atoms in total. The van der Waals surface area contributed by atoms with Crippen LogP contribution in [0.15, 0.2) is 42.3 Å². The molecule has 1 unspecified atom stereocenters. The number of nitrogens with one attached hydrogen (secondary N) is 2. The Morgan fingerprint density at radius 3 is 3.00 bits per heavy atom. The lowest BCUT2D eigenvalue weighted by atomic mass is 10.2. The van der Waals surface area contributed by atoms with Gasteiger partial charge in [0.05, 0.1) is 6.54 Å². The van der Waals surface area contributed by atoms with Crippen molar-refractivity contribution in [3.63, 3.8) is 0 Å². The topological polar surface area (TPSA) is 58.5 Å². The fourth-order valence-electron chi connectivity index (χ4n) is 2.02. The molecule has 0 aliphatic heterocycles. The number of hydrogen-bond donors (Lipinski definition) is 2. The second-order valence-corrected chi connectivity index (χ2v) is 5.24. The van der Waals surface area contributed by atoms with E-state index in [-0.39, 0.29) is 6.04 Å². The number of imidazole rings is 2. The van der Waals surface area contributed by atoms with E-state index in [2.05, 4.69) is 37.8 Å². The van der Waals surface area contributed by atoms with Crippen LogP contribution in [0.1, 0.15) is 22.6 Å². The highest BCUT2D eigenvalue weighted by molar-refractivity contribution is 7.10. The van der Waals surface area contributed by atoms with E-state index in [4.69, 9.17) is 0 Å². The summed E-state index contributed by atoms with van der Waals surface area (Å²) in [4.78, 5) is 13.0. The molecular formula is C13H15N5S. The SMILES string of the molecule is Cn1ccnc1C(NCc1ncc[nH]1)c1cccs1. The smallest absolute Gasteiger partial charge is 0.131 e. The zero-order chi connectivity index (χ0) is 13.1. The molecular weight excluding hydrogens is 258 g/mol. The predicted octanol–water partition coefficient (Wildman–Crippen LogP) is 2.08. The van der Waals surface area contributed by atoms with Crippen molar-refractivity contribution < 1.29 is 0 Å². The Morgan fingerprint density at radius 1 is 1.42 bits per heavy atom. The standard InChI is InChI=1S/C13H15N5S/c1-18-7-6-16-13(18)12(10-3-2-8-19-10)17-9-11-14-4-5-15-11/h2-8,12,17H,9H2,1H3,(H,14,15). The van der Waals surface area contributed by atoms with Crippen LogP contribution in [-0.4, -0.2) is 19.5 Å². The van der Waals surface area contributed by atoms with Crippen molar-refractivity contribution in [2.45, 2.75) is 12.6 Å². The normalized spacial score (nSPS) is 12.7. The minimum absolute atomic E-state index is 0.0881. The van der Waals surface area contributed by atoms with Gasteiger partial charge in [-0.3, -0.25) is 5.32 Å². The van der Waals surface area contributed by atoms with Gasteiger partial charge >= 0.3 is 0 Å². The lowest BCUT2D eigenvalue weighted by Crippen LogP contribution is -2.24. The molecule has 98 valence electrons. The fraction of sp³-hybridized carbons (Fsp3) is 0.231. The van der Waals surface area contributed by atoms with Crippen molar-refractivity contribution in [2.24, 2.45) is 7.05 Å². The Labute approximate surface area is 115 Å². The Morgan fingerprint density at radius 2 is 2.37 bits per heavy atom. The van der Waals surface area contributed by atoms with Gasteiger partial charge in [0.1, 0.15) is 17.7 Å². The predicted molar refractivity (Wildman–Crippen MR) is 74.8 cm³/mol. The summed E-state index contributed by atoms with van der Waals surface area (Å²) in [7, 11) is 2.01. The first kappa shape index (κ1) is 12.1. The van der Waals surface area contributed by atoms with Crippen LogP contribution >= 0.6 is 11.3 Å². The van der Waals surface area contributed by atoms with Gasteiger partial charge in [-0.15, -0.1) is 11.3 Å². The summed E-state index contributed by atoms with van der Waals surface area (Å²) >= 11 is 1.73. The lowest BCUT2D eigenvalue weighted by molar-refractivity contribution is 0.554. The van der Waals surface area contributed by atoms with Gasteiger partial charge in [0, 0.05) is 36.7 Å². The zero-order valence-corrected chi connectivity index (χ0v) is 11.4. The van der Waals surface area contributed by atoms with Crippen LogP contribution in [0.2, 0.25) is 0 Å². The first-order chi connectivity index (χ1) is 9.34. The molecule has 6 heteroatoms. The van der Waals surface area contributed by atoms with E-state index in [0.29, 0.717) is 6.54 Å². The summed E-state index contributed by atoms with van der Waals surface area (Å²) in [5.74, 6) is 1.93. The minimum atomic E-state index is 0.0881. The van der Waals surface area contributed by atoms with Gasteiger partial charge in [-0.25, -0.2) is 9.97 Å². The molecule has 0 aliphatic rings. The summed E-state index contributed by atoms with van der Waals surface area (Å²) in [6, 6.07) is 4.27. The van der Waals surface area contributed by atoms with Gasteiger partial charge in [0.25, 0.3) is 0 Å². The number of nitrogens with zero attached hydrogens (tertiary/aromatic N) is 3. The van der Waals surface area contributed by atoms with Gasteiger partial charge in [0.2, 0.25) is 0 Å². The first-order valence-corrected chi connectivity index (χ1v) is 6.95. The molecule has 3 aromatic rings. The van der Waals surface area contributed by atoms with Crippen molar-refractivity contribution in [3.05, 3.63) is 58.8 Å². The Kier molecular flexibility index (Phi) is 3.43. The van der Waals surface area contributed by atoms with E-state index in [9.17, 15) is 0 Å². The fourth-order valence-corrected chi connectivity index (χ4v) is 2.82. The number of rotatable bonds is 5. The number of thiophene rings is 1. The third-order valence-corrected chi connectivity index (χ3v) is 3.91. The number of aromatic amines is 1. The van der Waals surface area contributed by atoms with Crippen molar-refractivity contribution in [2.75, 3.05) is 0 Å². The van der Waals surface area contributed by atoms with Gasteiger partial charge in [-0.1, -0.05) is 6.07 Å². The average molecular weight is 273 g/mol. The lowest BCUT2D eigenvalue weighted by Gasteiger charge is -2.16. The Hall–Kier alpha value is -1.92. The largest absolute Gasteiger partial charge is 0.348 e. The maximum Gasteiger partial charge on any atom is 0.131 e. The monoisotopic (exact) mass is 273 g/mol. The molecule has 0 aromatic carbocycles. The van der Waals surface area contributed by atoms with Gasteiger partial charge in [0.15, 0.2) is 0 Å². The van der Waals surface area contributed by atoms with Crippen molar-refractivity contribution >= 4 is 11.3 Å². The molecule has 3 heterocycles. The van der Waals surface area contributed by atoms with Crippen LogP contribution in [0.3, 0.4) is 0 Å². The van der Waals surface area contributed by atoms with Crippen LogP contribution in [0.25, 0.3) is 0 Å². The van der Waals surface area contributed by atoms with E-state index in [1.165, 1.54) is 4.88 Å². The van der Waals surface area contributed by atoms with Gasteiger partial charge in [-0.05, 0) is 11.4 Å². The van der Waals surface area contributed by atoms with E-state index < -0.39 is 0 Å². The van der Waals surface area contributed by atoms with Crippen LogP contribution in [0.5, 0.6) is 0 Å². The third-order valence-electron chi connectivity index (χ3n) is 2.97. The first-order valence-electron chi connectivity index (χ1n) is 6.07. The molecule has 0 bridgehead atoms. The van der Waals surface area contributed by atoms with E-state index in [1.807, 2.05) is 30.2 Å². The molecule has 0 radical (unpaired) electrons. The summed E-state index contributed by atoms with van der Waals surface area (Å²) in [5, 5.41) is 5.58. The highest BCUT2D eigenvalue weighted by Gasteiger charge is 2.18. The molecule has 2 N–H and O–H groups in total. The highest BCUT2D eigenvalue weighted by atomic mass is 32.1. The number of H-pyrrole nitrogens is 1. The minimum Gasteiger partial charge on any atom is -0.348 e. The highest BCUT2D eigenvalue weighted by Crippen LogP contribution is 2.24. The average Bonchev–Trinajstić information content (AvgIpc) is 3.13. The van der Waals surface area contributed by atoms with Crippen LogP contribution in [0, 0.1) is 0 Å². The van der Waals surface area contributed by atoms with E-state index >= 15 is 0 Å². The third kappa shape index (κ3) is 2.59. The number of aryl methyl sites for hydroxylation is 1. The molecule has 1 atom stereocenters. The summed E-state index contributed by atoms with van der Waals surface area (Å²) in [5.41, 5.74) is 0. The number of hydrogen-bond acceptors (Lipinski definition) is 4. The molecule has 0 saturated carbocycles. The van der Waals surface area contributed by atoms with Crippen molar-refractivity contribution in [1.29, 1.82) is 0 Å². The van der Waals surface area contributed by atoms with Crippen molar-refractivity contribution in [3.8, 4) is 0 Å². The van der Waals surface area contributed by atoms with Crippen LogP contribution in [-0.2, 0) is 13.6 Å². The van der Waals surface area contributed by atoms with Crippen LogP contribution < -0.4 is 5.32 Å². The second-order valence-electron chi connectivity index (χ2n) is 4.26. The van der Waals surface area contributed by atoms with Crippen LogP contribution in [0.4, 0.5) is 0 Å². The summed E-state index contributed by atoms with van der Waals surface area (Å²) in [6.45, 7) is 0.683. The van der Waals surface area contributed by atoms with Gasteiger partial charge in [-0.2, -0.15) is 0 Å². The molecule has 3 aromatic heterocycles. The van der Waals surface area contributed by atoms with Crippen molar-refractivity contribution in [1.82, 2.24) is 24.8 Å². The molecule has 19 heavy (non-hydrogen) atoms. The zero-order valence-electron chi connectivity index (χ0n) is 10.6. The molecule has 0 amide bonds. The maximum absolute atomic E-state index is 4.45. The molecule has 0 aliphatic carbocycles. The maximum atomic E-state index is 4.45. The quantitative estimate of drug-likeness (QED) is 0.748. The van der Waals surface area contributed by atoms with Gasteiger partial charge < -0.3 is 9.55 Å².